The van der Waals surface area contributed by atoms with Gasteiger partial charge in [-0.15, -0.1) is 0 Å². The van der Waals surface area contributed by atoms with Gasteiger partial charge in [-0.1, -0.05) is 19.1 Å². The molecule has 0 aliphatic carbocycles. The Bertz CT molecular complexity index is 110. The van der Waals surface area contributed by atoms with Gasteiger partial charge in [-0.3, -0.25) is 0 Å². The highest BCUT2D eigenvalue weighted by Crippen LogP contribution is 2.08. The second kappa shape index (κ2) is 6.38. The quantitative estimate of drug-likeness (QED) is 0.566. The summed E-state index contributed by atoms with van der Waals surface area (Å²) in [6, 6.07) is 0. The first-order chi connectivity index (χ1) is 5.20. The molecule has 0 saturated carbocycles. The van der Waals surface area contributed by atoms with Gasteiger partial charge in [0, 0.05) is 6.54 Å². The Morgan fingerprint density at radius 3 is 2.73 bits per heavy atom. The zero-order chi connectivity index (χ0) is 8.69. The molecule has 1 unspecified atom stereocenters. The maximum absolute atomic E-state index is 5.42. The second-order valence-corrected chi connectivity index (χ2v) is 3.16. The van der Waals surface area contributed by atoms with E-state index in [4.69, 9.17) is 5.73 Å². The van der Waals surface area contributed by atoms with Gasteiger partial charge in [-0.25, -0.2) is 0 Å². The third-order valence-corrected chi connectivity index (χ3v) is 1.83. The molecule has 0 aliphatic rings. The molecule has 3 N–H and O–H groups in total. The molecule has 0 aromatic rings. The minimum Gasteiger partial charge on any atom is -0.327 e. The van der Waals surface area contributed by atoms with Crippen LogP contribution in [0.1, 0.15) is 19.8 Å². The van der Waals surface area contributed by atoms with E-state index in [0.29, 0.717) is 6.54 Å². The van der Waals surface area contributed by atoms with Gasteiger partial charge in [0.05, 0.1) is 0 Å². The maximum Gasteiger partial charge on any atom is 0.0134 e. The fourth-order valence-electron chi connectivity index (χ4n) is 1.00. The normalized spacial score (nSPS) is 13.0. The molecule has 0 amide bonds. The first kappa shape index (κ1) is 10.7. The van der Waals surface area contributed by atoms with E-state index in [1.807, 2.05) is 7.05 Å². The van der Waals surface area contributed by atoms with Crippen molar-refractivity contribution in [3.05, 3.63) is 12.2 Å². The lowest BCUT2D eigenvalue weighted by Crippen LogP contribution is -2.16. The lowest BCUT2D eigenvalue weighted by Gasteiger charge is -2.10. The topological polar surface area (TPSA) is 38.0 Å². The summed E-state index contributed by atoms with van der Waals surface area (Å²) < 4.78 is 0. The van der Waals surface area contributed by atoms with Crippen LogP contribution in [0.3, 0.4) is 0 Å². The van der Waals surface area contributed by atoms with Crippen molar-refractivity contribution in [3.8, 4) is 0 Å². The van der Waals surface area contributed by atoms with E-state index in [2.05, 4.69) is 18.8 Å². The van der Waals surface area contributed by atoms with Crippen LogP contribution >= 0.6 is 0 Å². The highest BCUT2D eigenvalue weighted by molar-refractivity contribution is 4.95. The van der Waals surface area contributed by atoms with Crippen LogP contribution in [0.4, 0.5) is 0 Å². The van der Waals surface area contributed by atoms with Crippen molar-refractivity contribution in [2.45, 2.75) is 19.8 Å². The van der Waals surface area contributed by atoms with Gasteiger partial charge in [0.2, 0.25) is 0 Å². The molecule has 0 fully saturated rings. The standard InChI is InChI=1S/C9H20N2/c1-8(6-10)4-5-9(2)7-11-3/h9,11H,1,4-7,10H2,2-3H3. The highest BCUT2D eigenvalue weighted by Gasteiger charge is 2.00. The van der Waals surface area contributed by atoms with Crippen LogP contribution in [-0.4, -0.2) is 20.1 Å². The Morgan fingerprint density at radius 2 is 2.27 bits per heavy atom. The summed E-state index contributed by atoms with van der Waals surface area (Å²) >= 11 is 0. The molecule has 11 heavy (non-hydrogen) atoms. The molecule has 0 radical (unpaired) electrons. The Morgan fingerprint density at radius 1 is 1.64 bits per heavy atom. The monoisotopic (exact) mass is 156 g/mol. The van der Waals surface area contributed by atoms with Crippen LogP contribution in [0.2, 0.25) is 0 Å². The van der Waals surface area contributed by atoms with Gasteiger partial charge in [-0.2, -0.15) is 0 Å². The molecule has 0 aliphatic heterocycles. The van der Waals surface area contributed by atoms with Crippen molar-refractivity contribution in [3.63, 3.8) is 0 Å². The molecule has 0 aromatic carbocycles. The highest BCUT2D eigenvalue weighted by atomic mass is 14.8. The largest absolute Gasteiger partial charge is 0.327 e. The van der Waals surface area contributed by atoms with E-state index in [1.54, 1.807) is 0 Å². The van der Waals surface area contributed by atoms with Crippen molar-refractivity contribution in [1.82, 2.24) is 5.32 Å². The fraction of sp³-hybridized carbons (Fsp3) is 0.778. The van der Waals surface area contributed by atoms with Crippen LogP contribution in [0, 0.1) is 5.92 Å². The average Bonchev–Trinajstić information content (AvgIpc) is 2.01. The van der Waals surface area contributed by atoms with Crippen molar-refractivity contribution in [1.29, 1.82) is 0 Å². The predicted molar refractivity (Wildman–Crippen MR) is 50.5 cm³/mol. The molecule has 1 atom stereocenters. The van der Waals surface area contributed by atoms with Crippen LogP contribution in [0.5, 0.6) is 0 Å². The van der Waals surface area contributed by atoms with Gasteiger partial charge < -0.3 is 11.1 Å². The van der Waals surface area contributed by atoms with Crippen molar-refractivity contribution in [2.24, 2.45) is 11.7 Å². The summed E-state index contributed by atoms with van der Waals surface area (Å²) in [7, 11) is 1.98. The fourth-order valence-corrected chi connectivity index (χ4v) is 1.00. The first-order valence-corrected chi connectivity index (χ1v) is 4.22. The zero-order valence-corrected chi connectivity index (χ0v) is 7.69. The summed E-state index contributed by atoms with van der Waals surface area (Å²) in [6.45, 7) is 7.81. The van der Waals surface area contributed by atoms with Crippen LogP contribution in [0.15, 0.2) is 12.2 Å². The third kappa shape index (κ3) is 6.07. The SMILES string of the molecule is C=C(CN)CCC(C)CNC. The van der Waals surface area contributed by atoms with Gasteiger partial charge >= 0.3 is 0 Å². The number of nitrogens with one attached hydrogen (secondary N) is 1. The van der Waals surface area contributed by atoms with Gasteiger partial charge in [0.1, 0.15) is 0 Å². The van der Waals surface area contributed by atoms with Crippen LogP contribution < -0.4 is 11.1 Å². The molecule has 2 nitrogen and oxygen atoms in total. The molecule has 66 valence electrons. The second-order valence-electron chi connectivity index (χ2n) is 3.16. The van der Waals surface area contributed by atoms with Gasteiger partial charge in [-0.05, 0) is 32.4 Å². The molecular weight excluding hydrogens is 136 g/mol. The molecule has 0 saturated heterocycles. The summed E-state index contributed by atoms with van der Waals surface area (Å²) in [5, 5.41) is 3.15. The lowest BCUT2D eigenvalue weighted by molar-refractivity contribution is 0.503. The summed E-state index contributed by atoms with van der Waals surface area (Å²) in [4.78, 5) is 0. The number of rotatable bonds is 6. The molecular formula is C9H20N2. The number of hydrogen-bond acceptors (Lipinski definition) is 2. The summed E-state index contributed by atoms with van der Waals surface area (Å²) in [5.41, 5.74) is 6.58. The molecule has 0 bridgehead atoms. The van der Waals surface area contributed by atoms with Crippen LogP contribution in [0.25, 0.3) is 0 Å². The molecule has 0 rings (SSSR count). The Hall–Kier alpha value is -0.340. The van der Waals surface area contributed by atoms with E-state index in [9.17, 15) is 0 Å². The van der Waals surface area contributed by atoms with Gasteiger partial charge in [0.15, 0.2) is 0 Å². The minimum absolute atomic E-state index is 0.631. The smallest absolute Gasteiger partial charge is 0.0134 e. The number of hydrogen-bond donors (Lipinski definition) is 2. The van der Waals surface area contributed by atoms with Crippen LogP contribution in [-0.2, 0) is 0 Å². The van der Waals surface area contributed by atoms with E-state index in [-0.39, 0.29) is 0 Å². The van der Waals surface area contributed by atoms with Crippen molar-refractivity contribution < 1.29 is 0 Å². The van der Waals surface area contributed by atoms with Crippen molar-refractivity contribution in [2.75, 3.05) is 20.1 Å². The Balaban J connectivity index is 3.29. The van der Waals surface area contributed by atoms with E-state index in [0.717, 1.165) is 24.5 Å². The molecule has 0 aromatic heterocycles. The molecule has 0 spiro atoms. The van der Waals surface area contributed by atoms with E-state index in [1.165, 1.54) is 6.42 Å². The van der Waals surface area contributed by atoms with Crippen molar-refractivity contribution >= 4 is 0 Å². The zero-order valence-electron chi connectivity index (χ0n) is 7.69. The molecule has 2 heteroatoms. The number of nitrogens with two attached hydrogens (primary N) is 1. The minimum atomic E-state index is 0.631. The Kier molecular flexibility index (Phi) is 6.18. The molecule has 0 heterocycles. The summed E-state index contributed by atoms with van der Waals surface area (Å²) in [5.74, 6) is 0.725. The first-order valence-electron chi connectivity index (χ1n) is 4.22. The Labute approximate surface area is 69.9 Å². The predicted octanol–water partition coefficient (Wildman–Crippen LogP) is 1.14. The van der Waals surface area contributed by atoms with Gasteiger partial charge in [0.25, 0.3) is 0 Å². The third-order valence-electron chi connectivity index (χ3n) is 1.83. The summed E-state index contributed by atoms with van der Waals surface area (Å²) in [6.07, 6.45) is 2.26. The lowest BCUT2D eigenvalue weighted by atomic mass is 10.0. The van der Waals surface area contributed by atoms with E-state index < -0.39 is 0 Å². The average molecular weight is 156 g/mol. The van der Waals surface area contributed by atoms with E-state index >= 15 is 0 Å². The maximum atomic E-state index is 5.42.